The van der Waals surface area contributed by atoms with Crippen LogP contribution in [0.15, 0.2) is 17.0 Å². The number of hydrogen-bond donors (Lipinski definition) is 1. The van der Waals surface area contributed by atoms with Crippen molar-refractivity contribution >= 4 is 33.0 Å². The summed E-state index contributed by atoms with van der Waals surface area (Å²) in [7, 11) is -2.59. The van der Waals surface area contributed by atoms with Crippen LogP contribution < -0.4 is 5.32 Å². The Balaban J connectivity index is 2.58. The average molecular weight is 379 g/mol. The van der Waals surface area contributed by atoms with E-state index in [1.54, 1.807) is 0 Å². The molecule has 0 fully saturated rings. The molecule has 7 nitrogen and oxygen atoms in total. The Hall–Kier alpha value is -2.08. The summed E-state index contributed by atoms with van der Waals surface area (Å²) >= 11 is 5.14. The Morgan fingerprint density at radius 1 is 1.33 bits per heavy atom. The molecule has 0 radical (unpaired) electrons. The summed E-state index contributed by atoms with van der Waals surface area (Å²) in [5.74, 6) is 0.167. The highest BCUT2D eigenvalue weighted by Crippen LogP contribution is 2.37. The van der Waals surface area contributed by atoms with Crippen molar-refractivity contribution in [2.45, 2.75) is 18.0 Å². The molecule has 1 N–H and O–H groups in total. The zero-order valence-electron chi connectivity index (χ0n) is 12.7. The van der Waals surface area contributed by atoms with Crippen LogP contribution in [0.2, 0.25) is 0 Å². The second-order valence-electron chi connectivity index (χ2n) is 4.96. The molecule has 1 aromatic carbocycles. The van der Waals surface area contributed by atoms with Crippen LogP contribution in [0.25, 0.3) is 0 Å². The van der Waals surface area contributed by atoms with E-state index in [0.717, 1.165) is 12.3 Å². The average Bonchev–Trinajstić information content (AvgIpc) is 2.81. The minimum Gasteiger partial charge on any atom is -0.313 e. The molecule has 24 heavy (non-hydrogen) atoms. The molecule has 0 aliphatic rings. The van der Waals surface area contributed by atoms with Crippen LogP contribution in [0.1, 0.15) is 16.7 Å². The Bertz CT molecular complexity index is 906. The summed E-state index contributed by atoms with van der Waals surface area (Å²) in [6.45, 7) is 1.27. The summed E-state index contributed by atoms with van der Waals surface area (Å²) in [5.41, 5.74) is -1.18. The smallest absolute Gasteiger partial charge is 0.313 e. The zero-order valence-corrected chi connectivity index (χ0v) is 14.3. The van der Waals surface area contributed by atoms with Gasteiger partial charge in [0.2, 0.25) is 5.95 Å². The molecule has 0 atom stereocenters. The second kappa shape index (κ2) is 6.09. The largest absolute Gasteiger partial charge is 0.417 e. The lowest BCUT2D eigenvalue weighted by atomic mass is 10.0. The topological polar surface area (TPSA) is 89.8 Å². The van der Waals surface area contributed by atoms with Crippen LogP contribution >= 0.6 is 12.2 Å². The fourth-order valence-corrected chi connectivity index (χ4v) is 3.70. The van der Waals surface area contributed by atoms with E-state index in [1.165, 1.54) is 18.7 Å². The van der Waals surface area contributed by atoms with Crippen molar-refractivity contribution in [2.24, 2.45) is 7.05 Å². The van der Waals surface area contributed by atoms with E-state index in [4.69, 9.17) is 12.2 Å². The maximum atomic E-state index is 13.1. The summed E-state index contributed by atoms with van der Waals surface area (Å²) in [5, 5.41) is 13.3. The van der Waals surface area contributed by atoms with Gasteiger partial charge >= 0.3 is 6.18 Å². The maximum absolute atomic E-state index is 13.1. The van der Waals surface area contributed by atoms with Gasteiger partial charge in [0.05, 0.1) is 10.5 Å². The van der Waals surface area contributed by atoms with Gasteiger partial charge in [0.25, 0.3) is 0 Å². The molecular weight excluding hydrogens is 367 g/mol. The number of nitrogens with zero attached hydrogens (tertiary/aromatic N) is 4. The van der Waals surface area contributed by atoms with Gasteiger partial charge in [0.15, 0.2) is 9.84 Å². The van der Waals surface area contributed by atoms with E-state index in [2.05, 4.69) is 20.8 Å². The van der Waals surface area contributed by atoms with Gasteiger partial charge in [-0.25, -0.2) is 13.1 Å². The molecule has 0 saturated heterocycles. The molecule has 0 aliphatic heterocycles. The molecule has 0 unspecified atom stereocenters. The fraction of sp³-hybridized carbons (Fsp3) is 0.333. The summed E-state index contributed by atoms with van der Waals surface area (Å²) in [6.07, 6.45) is -4.08. The number of halogens is 3. The van der Waals surface area contributed by atoms with E-state index in [-0.39, 0.29) is 22.1 Å². The standard InChI is InChI=1S/C12H12F3N5O2S2/c1-6-7(10(23)16-11-17-18-19-20(11)2)4-5-8(12(13,14)15)9(6)24(3,21)22/h4-5H,1-3H3,(H,16,17,19,23). The van der Waals surface area contributed by atoms with Crippen molar-refractivity contribution in [3.63, 3.8) is 0 Å². The number of thiocarbonyl (C=S) groups is 1. The van der Waals surface area contributed by atoms with E-state index in [9.17, 15) is 21.6 Å². The number of aromatic nitrogens is 4. The number of aryl methyl sites for hydroxylation is 1. The van der Waals surface area contributed by atoms with Crippen molar-refractivity contribution in [2.75, 3.05) is 11.6 Å². The molecule has 12 heteroatoms. The molecule has 0 saturated carbocycles. The van der Waals surface area contributed by atoms with Gasteiger partial charge in [0, 0.05) is 18.9 Å². The lowest BCUT2D eigenvalue weighted by Crippen LogP contribution is -2.20. The highest BCUT2D eigenvalue weighted by Gasteiger charge is 2.37. The molecule has 0 bridgehead atoms. The molecule has 2 aromatic rings. The third-order valence-electron chi connectivity index (χ3n) is 3.17. The Morgan fingerprint density at radius 3 is 2.42 bits per heavy atom. The van der Waals surface area contributed by atoms with Crippen molar-refractivity contribution in [3.8, 4) is 0 Å². The molecule has 130 valence electrons. The van der Waals surface area contributed by atoms with Gasteiger partial charge in [-0.05, 0) is 29.0 Å². The number of sulfone groups is 1. The third kappa shape index (κ3) is 3.53. The minimum atomic E-state index is -4.80. The molecule has 2 rings (SSSR count). The van der Waals surface area contributed by atoms with Crippen LogP contribution in [0, 0.1) is 6.92 Å². The van der Waals surface area contributed by atoms with Gasteiger partial charge in [-0.2, -0.15) is 13.2 Å². The zero-order chi connectivity index (χ0) is 18.3. The number of tetrazole rings is 1. The highest BCUT2D eigenvalue weighted by molar-refractivity contribution is 7.90. The molecule has 0 aliphatic carbocycles. The molecule has 0 spiro atoms. The molecular formula is C12H12F3N5O2S2. The first-order valence-electron chi connectivity index (χ1n) is 6.37. The lowest BCUT2D eigenvalue weighted by molar-refractivity contribution is -0.139. The van der Waals surface area contributed by atoms with E-state index in [1.807, 2.05) is 0 Å². The second-order valence-corrected chi connectivity index (χ2v) is 7.33. The summed E-state index contributed by atoms with van der Waals surface area (Å²) in [4.78, 5) is -0.795. The van der Waals surface area contributed by atoms with Crippen LogP contribution in [0.3, 0.4) is 0 Å². The highest BCUT2D eigenvalue weighted by atomic mass is 32.2. The maximum Gasteiger partial charge on any atom is 0.417 e. The van der Waals surface area contributed by atoms with Crippen LogP contribution in [0.5, 0.6) is 0 Å². The number of hydrogen-bond acceptors (Lipinski definition) is 6. The molecule has 1 aromatic heterocycles. The SMILES string of the molecule is Cc1c(C(=S)Nc2nnnn2C)ccc(C(F)(F)F)c1S(C)(=O)=O. The van der Waals surface area contributed by atoms with Crippen molar-refractivity contribution in [3.05, 3.63) is 28.8 Å². The van der Waals surface area contributed by atoms with E-state index < -0.39 is 26.5 Å². The van der Waals surface area contributed by atoms with Gasteiger partial charge in [-0.15, -0.1) is 0 Å². The predicted octanol–water partition coefficient (Wildman–Crippen LogP) is 1.73. The monoisotopic (exact) mass is 379 g/mol. The number of rotatable bonds is 3. The number of alkyl halides is 3. The Labute approximate surface area is 140 Å². The summed E-state index contributed by atoms with van der Waals surface area (Å²) < 4.78 is 64.3. The van der Waals surface area contributed by atoms with Crippen molar-refractivity contribution in [1.82, 2.24) is 20.2 Å². The molecule has 0 amide bonds. The van der Waals surface area contributed by atoms with Gasteiger partial charge in [-0.3, -0.25) is 0 Å². The third-order valence-corrected chi connectivity index (χ3v) is 4.76. The predicted molar refractivity (Wildman–Crippen MR) is 83.4 cm³/mol. The van der Waals surface area contributed by atoms with Crippen molar-refractivity contribution < 1.29 is 21.6 Å². The number of nitrogens with one attached hydrogen (secondary N) is 1. The van der Waals surface area contributed by atoms with Crippen LogP contribution in [-0.2, 0) is 23.1 Å². The number of benzene rings is 1. The van der Waals surface area contributed by atoms with Crippen molar-refractivity contribution in [1.29, 1.82) is 0 Å². The normalized spacial score (nSPS) is 12.2. The van der Waals surface area contributed by atoms with E-state index in [0.29, 0.717) is 6.07 Å². The molecule has 1 heterocycles. The first kappa shape index (κ1) is 18.3. The number of anilines is 1. The summed E-state index contributed by atoms with van der Waals surface area (Å²) in [6, 6.07) is 1.81. The quantitative estimate of drug-likeness (QED) is 0.812. The van der Waals surface area contributed by atoms with Gasteiger partial charge < -0.3 is 5.32 Å². The first-order valence-corrected chi connectivity index (χ1v) is 8.67. The Kier molecular flexibility index (Phi) is 4.63. The minimum absolute atomic E-state index is 0.00373. The van der Waals surface area contributed by atoms with Gasteiger partial charge in [-0.1, -0.05) is 23.4 Å². The van der Waals surface area contributed by atoms with E-state index >= 15 is 0 Å². The Morgan fingerprint density at radius 2 is 1.96 bits per heavy atom. The van der Waals surface area contributed by atoms with Gasteiger partial charge in [0.1, 0.15) is 4.99 Å². The van der Waals surface area contributed by atoms with Crippen LogP contribution in [0.4, 0.5) is 19.1 Å². The lowest BCUT2D eigenvalue weighted by Gasteiger charge is -2.17. The fourth-order valence-electron chi connectivity index (χ4n) is 2.14. The first-order chi connectivity index (χ1) is 10.9. The van der Waals surface area contributed by atoms with Crippen LogP contribution in [-0.4, -0.2) is 39.9 Å².